The molecule has 0 unspecified atom stereocenters. The summed E-state index contributed by atoms with van der Waals surface area (Å²) >= 11 is 0. The summed E-state index contributed by atoms with van der Waals surface area (Å²) in [5.74, 6) is -1.03. The van der Waals surface area contributed by atoms with Crippen LogP contribution in [-0.2, 0) is 6.18 Å². The SMILES string of the molecule is Cc1c(F)cccc1C(=O)c1cnc2c(C(F)(F)F)cccc2c1-c1ccccc1. The molecule has 1 aromatic heterocycles. The molecule has 0 radical (unpaired) electrons. The number of carbonyl (C=O) groups excluding carboxylic acids is 1. The van der Waals surface area contributed by atoms with Gasteiger partial charge in [-0.1, -0.05) is 54.6 Å². The van der Waals surface area contributed by atoms with Gasteiger partial charge < -0.3 is 0 Å². The van der Waals surface area contributed by atoms with Gasteiger partial charge in [0.15, 0.2) is 5.78 Å². The van der Waals surface area contributed by atoms with E-state index in [1.807, 2.05) is 0 Å². The Balaban J connectivity index is 2.06. The summed E-state index contributed by atoms with van der Waals surface area (Å²) in [5.41, 5.74) is 0.212. The van der Waals surface area contributed by atoms with E-state index in [9.17, 15) is 22.4 Å². The molecular weight excluding hydrogens is 394 g/mol. The molecule has 0 amide bonds. The molecule has 0 aliphatic rings. The Morgan fingerprint density at radius 2 is 1.57 bits per heavy atom. The number of pyridine rings is 1. The van der Waals surface area contributed by atoms with Gasteiger partial charge in [0.25, 0.3) is 0 Å². The quantitative estimate of drug-likeness (QED) is 0.282. The van der Waals surface area contributed by atoms with E-state index in [2.05, 4.69) is 4.98 Å². The van der Waals surface area contributed by atoms with Gasteiger partial charge >= 0.3 is 6.18 Å². The van der Waals surface area contributed by atoms with Gasteiger partial charge in [-0.15, -0.1) is 0 Å². The molecule has 0 bridgehead atoms. The lowest BCUT2D eigenvalue weighted by atomic mass is 9.90. The standard InChI is InChI=1S/C24H15F4NO/c1-14-16(9-6-12-20(14)25)23(30)18-13-29-22-17(10-5-11-19(22)24(26,27)28)21(18)15-7-3-2-4-8-15/h2-13H,1H3. The number of carbonyl (C=O) groups is 1. The van der Waals surface area contributed by atoms with Crippen molar-refractivity contribution in [1.82, 2.24) is 4.98 Å². The van der Waals surface area contributed by atoms with Crippen molar-refractivity contribution in [2.75, 3.05) is 0 Å². The molecule has 0 fully saturated rings. The molecule has 150 valence electrons. The molecular formula is C24H15F4NO. The van der Waals surface area contributed by atoms with Crippen LogP contribution < -0.4 is 0 Å². The van der Waals surface area contributed by atoms with E-state index in [4.69, 9.17) is 0 Å². The molecule has 0 aliphatic heterocycles. The van der Waals surface area contributed by atoms with Crippen molar-refractivity contribution in [3.8, 4) is 11.1 Å². The van der Waals surface area contributed by atoms with Gasteiger partial charge in [-0.2, -0.15) is 13.2 Å². The van der Waals surface area contributed by atoms with Crippen LogP contribution >= 0.6 is 0 Å². The molecule has 4 aromatic rings. The highest BCUT2D eigenvalue weighted by molar-refractivity contribution is 6.17. The molecule has 0 spiro atoms. The van der Waals surface area contributed by atoms with E-state index >= 15 is 0 Å². The van der Waals surface area contributed by atoms with Crippen LogP contribution in [0.25, 0.3) is 22.0 Å². The first-order valence-electron chi connectivity index (χ1n) is 9.13. The smallest absolute Gasteiger partial charge is 0.289 e. The van der Waals surface area contributed by atoms with Crippen LogP contribution in [0.15, 0.2) is 72.9 Å². The molecule has 4 rings (SSSR count). The van der Waals surface area contributed by atoms with E-state index in [0.717, 1.165) is 12.3 Å². The largest absolute Gasteiger partial charge is 0.418 e. The number of fused-ring (bicyclic) bond motifs is 1. The number of nitrogens with zero attached hydrogens (tertiary/aromatic N) is 1. The zero-order valence-corrected chi connectivity index (χ0v) is 15.8. The fourth-order valence-electron chi connectivity index (χ4n) is 3.54. The lowest BCUT2D eigenvalue weighted by Crippen LogP contribution is -2.10. The van der Waals surface area contributed by atoms with Crippen LogP contribution in [0, 0.1) is 12.7 Å². The number of para-hydroxylation sites is 1. The maximum absolute atomic E-state index is 14.0. The predicted molar refractivity (Wildman–Crippen MR) is 107 cm³/mol. The maximum Gasteiger partial charge on any atom is 0.418 e. The van der Waals surface area contributed by atoms with Gasteiger partial charge in [0.1, 0.15) is 5.82 Å². The van der Waals surface area contributed by atoms with Gasteiger partial charge in [0.05, 0.1) is 11.1 Å². The number of ketones is 1. The second-order valence-corrected chi connectivity index (χ2v) is 6.85. The van der Waals surface area contributed by atoms with Crippen LogP contribution in [0.2, 0.25) is 0 Å². The molecule has 0 atom stereocenters. The Kier molecular flexibility index (Phi) is 4.86. The minimum absolute atomic E-state index is 0.113. The molecule has 0 saturated heterocycles. The summed E-state index contributed by atoms with van der Waals surface area (Å²) in [6.07, 6.45) is -3.45. The van der Waals surface area contributed by atoms with Crippen LogP contribution in [0.1, 0.15) is 27.0 Å². The van der Waals surface area contributed by atoms with Crippen molar-refractivity contribution in [1.29, 1.82) is 0 Å². The number of aromatic nitrogens is 1. The molecule has 3 aromatic carbocycles. The number of benzene rings is 3. The molecule has 0 N–H and O–H groups in total. The Bertz CT molecular complexity index is 1260. The van der Waals surface area contributed by atoms with Crippen molar-refractivity contribution >= 4 is 16.7 Å². The Labute approximate surface area is 169 Å². The molecule has 0 saturated carbocycles. The average molecular weight is 409 g/mol. The fraction of sp³-hybridized carbons (Fsp3) is 0.0833. The topological polar surface area (TPSA) is 30.0 Å². The monoisotopic (exact) mass is 409 g/mol. The van der Waals surface area contributed by atoms with E-state index < -0.39 is 23.3 Å². The number of alkyl halides is 3. The van der Waals surface area contributed by atoms with Gasteiger partial charge in [0, 0.05) is 28.3 Å². The van der Waals surface area contributed by atoms with Crippen LogP contribution in [0.3, 0.4) is 0 Å². The van der Waals surface area contributed by atoms with Crippen LogP contribution in [0.4, 0.5) is 17.6 Å². The van der Waals surface area contributed by atoms with E-state index in [1.54, 1.807) is 30.3 Å². The third kappa shape index (κ3) is 3.34. The van der Waals surface area contributed by atoms with Crippen molar-refractivity contribution < 1.29 is 22.4 Å². The first-order valence-corrected chi connectivity index (χ1v) is 9.13. The Morgan fingerprint density at radius 1 is 0.867 bits per heavy atom. The lowest BCUT2D eigenvalue weighted by Gasteiger charge is -2.16. The van der Waals surface area contributed by atoms with E-state index in [-0.39, 0.29) is 27.6 Å². The summed E-state index contributed by atoms with van der Waals surface area (Å²) in [6.45, 7) is 1.49. The Hall–Kier alpha value is -3.54. The molecule has 30 heavy (non-hydrogen) atoms. The number of rotatable bonds is 3. The second kappa shape index (κ2) is 7.37. The number of halogens is 4. The summed E-state index contributed by atoms with van der Waals surface area (Å²) < 4.78 is 54.6. The third-order valence-electron chi connectivity index (χ3n) is 5.02. The first kappa shape index (κ1) is 19.8. The van der Waals surface area contributed by atoms with E-state index in [1.165, 1.54) is 37.3 Å². The zero-order chi connectivity index (χ0) is 21.5. The minimum Gasteiger partial charge on any atom is -0.289 e. The van der Waals surface area contributed by atoms with Crippen LogP contribution in [0.5, 0.6) is 0 Å². The highest BCUT2D eigenvalue weighted by Crippen LogP contribution is 2.39. The highest BCUT2D eigenvalue weighted by Gasteiger charge is 2.34. The normalized spacial score (nSPS) is 11.6. The minimum atomic E-state index is -4.59. The predicted octanol–water partition coefficient (Wildman–Crippen LogP) is 6.60. The Morgan fingerprint density at radius 3 is 2.27 bits per heavy atom. The van der Waals surface area contributed by atoms with Crippen molar-refractivity contribution in [3.05, 3.63) is 101 Å². The summed E-state index contributed by atoms with van der Waals surface area (Å²) in [4.78, 5) is 17.3. The number of hydrogen-bond donors (Lipinski definition) is 0. The van der Waals surface area contributed by atoms with Crippen molar-refractivity contribution in [3.63, 3.8) is 0 Å². The zero-order valence-electron chi connectivity index (χ0n) is 15.8. The maximum atomic E-state index is 14.0. The second-order valence-electron chi connectivity index (χ2n) is 6.85. The molecule has 1 heterocycles. The van der Waals surface area contributed by atoms with Gasteiger partial charge in [-0.05, 0) is 30.2 Å². The summed E-state index contributed by atoms with van der Waals surface area (Å²) in [7, 11) is 0. The van der Waals surface area contributed by atoms with Crippen molar-refractivity contribution in [2.45, 2.75) is 13.1 Å². The van der Waals surface area contributed by atoms with Crippen molar-refractivity contribution in [2.24, 2.45) is 0 Å². The summed E-state index contributed by atoms with van der Waals surface area (Å²) in [5, 5.41) is 0.205. The lowest BCUT2D eigenvalue weighted by molar-refractivity contribution is -0.136. The fourth-order valence-corrected chi connectivity index (χ4v) is 3.54. The number of hydrogen-bond acceptors (Lipinski definition) is 2. The van der Waals surface area contributed by atoms with Gasteiger partial charge in [-0.3, -0.25) is 9.78 Å². The third-order valence-corrected chi connectivity index (χ3v) is 5.02. The average Bonchev–Trinajstić information content (AvgIpc) is 2.74. The van der Waals surface area contributed by atoms with Crippen LogP contribution in [-0.4, -0.2) is 10.8 Å². The van der Waals surface area contributed by atoms with Gasteiger partial charge in [0.2, 0.25) is 0 Å². The first-order chi connectivity index (χ1) is 14.3. The van der Waals surface area contributed by atoms with Gasteiger partial charge in [-0.25, -0.2) is 4.39 Å². The summed E-state index contributed by atoms with van der Waals surface area (Å²) in [6, 6.07) is 16.6. The highest BCUT2D eigenvalue weighted by atomic mass is 19.4. The molecule has 0 aliphatic carbocycles. The molecule has 2 nitrogen and oxygen atoms in total. The molecule has 6 heteroatoms. The van der Waals surface area contributed by atoms with E-state index in [0.29, 0.717) is 11.1 Å².